The van der Waals surface area contributed by atoms with Gasteiger partial charge >= 0.3 is 0 Å². The van der Waals surface area contributed by atoms with Crippen LogP contribution >= 0.6 is 0 Å². The van der Waals surface area contributed by atoms with E-state index in [2.05, 4.69) is 5.32 Å². The third-order valence-corrected chi connectivity index (χ3v) is 8.13. The summed E-state index contributed by atoms with van der Waals surface area (Å²) in [6.45, 7) is 1.01. The van der Waals surface area contributed by atoms with Crippen LogP contribution in [0, 0.1) is 22.0 Å². The zero-order valence-electron chi connectivity index (χ0n) is 20.4. The lowest BCUT2D eigenvalue weighted by Gasteiger charge is -2.34. The van der Waals surface area contributed by atoms with Crippen molar-refractivity contribution in [1.29, 1.82) is 0 Å². The summed E-state index contributed by atoms with van der Waals surface area (Å²) in [5, 5.41) is 14.3. The van der Waals surface area contributed by atoms with Gasteiger partial charge in [-0.05, 0) is 24.6 Å². The van der Waals surface area contributed by atoms with Crippen LogP contribution in [-0.4, -0.2) is 55.5 Å². The van der Waals surface area contributed by atoms with Crippen molar-refractivity contribution in [3.8, 4) is 5.75 Å². The standard InChI is InChI=1S/C26H26F4N4O4/c27-25(28)5-8-32(9-6-25)22-12-16(11-15-4-10-38-23(15)22)31-24(35)18-2-1-17(34(36)37)13-21(18)33-7-3-19-20(14-33)26(19,29)30/h1-2,11-13,19-20H,3-10,14H2,(H,31,35). The van der Waals surface area contributed by atoms with E-state index >= 15 is 0 Å². The molecule has 1 amide bonds. The van der Waals surface area contributed by atoms with Crippen LogP contribution in [0.5, 0.6) is 5.75 Å². The molecule has 3 fully saturated rings. The molecule has 0 spiro atoms. The monoisotopic (exact) mass is 534 g/mol. The summed E-state index contributed by atoms with van der Waals surface area (Å²) in [6.07, 6.45) is 0.288. The lowest BCUT2D eigenvalue weighted by atomic mass is 10.0. The minimum absolute atomic E-state index is 0.0129. The number of ether oxygens (including phenoxy) is 1. The quantitative estimate of drug-likeness (QED) is 0.326. The highest BCUT2D eigenvalue weighted by Gasteiger charge is 2.69. The van der Waals surface area contributed by atoms with Crippen LogP contribution in [0.1, 0.15) is 35.2 Å². The Labute approximate surface area is 215 Å². The van der Waals surface area contributed by atoms with E-state index < -0.39 is 34.5 Å². The lowest BCUT2D eigenvalue weighted by molar-refractivity contribution is -0.384. The van der Waals surface area contributed by atoms with Crippen LogP contribution in [-0.2, 0) is 6.42 Å². The smallest absolute Gasteiger partial charge is 0.271 e. The Bertz CT molecular complexity index is 1310. The van der Waals surface area contributed by atoms with Gasteiger partial charge in [0.05, 0.1) is 28.5 Å². The first-order valence-electron chi connectivity index (χ1n) is 12.7. The van der Waals surface area contributed by atoms with Gasteiger partial charge in [0.15, 0.2) is 0 Å². The third-order valence-electron chi connectivity index (χ3n) is 8.13. The van der Waals surface area contributed by atoms with Crippen LogP contribution in [0.25, 0.3) is 0 Å². The zero-order chi connectivity index (χ0) is 26.8. The van der Waals surface area contributed by atoms with E-state index in [0.717, 1.165) is 5.56 Å². The summed E-state index contributed by atoms with van der Waals surface area (Å²) in [5.74, 6) is -6.90. The molecule has 4 aliphatic rings. The van der Waals surface area contributed by atoms with E-state index in [1.54, 1.807) is 17.0 Å². The number of hydrogen-bond acceptors (Lipinski definition) is 6. The number of benzene rings is 2. The molecule has 0 bridgehead atoms. The molecule has 1 N–H and O–H groups in total. The molecule has 8 nitrogen and oxygen atoms in total. The van der Waals surface area contributed by atoms with Gasteiger partial charge < -0.3 is 19.9 Å². The normalized spacial score (nSPS) is 24.7. The highest BCUT2D eigenvalue weighted by molar-refractivity contribution is 6.08. The van der Waals surface area contributed by atoms with Crippen molar-refractivity contribution < 1.29 is 32.0 Å². The summed E-state index contributed by atoms with van der Waals surface area (Å²) in [5.41, 5.74) is 2.04. The number of nitro groups is 1. The molecule has 12 heteroatoms. The molecule has 0 radical (unpaired) electrons. The summed E-state index contributed by atoms with van der Waals surface area (Å²) < 4.78 is 61.3. The van der Waals surface area contributed by atoms with Crippen LogP contribution in [0.15, 0.2) is 30.3 Å². The van der Waals surface area contributed by atoms with E-state index in [1.807, 2.05) is 4.90 Å². The maximum absolute atomic E-state index is 14.0. The third kappa shape index (κ3) is 4.29. The average molecular weight is 535 g/mol. The molecule has 2 saturated heterocycles. The van der Waals surface area contributed by atoms with Crippen molar-refractivity contribution >= 4 is 28.7 Å². The number of hydrogen-bond donors (Lipinski definition) is 1. The van der Waals surface area contributed by atoms with Gasteiger partial charge in [-0.3, -0.25) is 14.9 Å². The number of fused-ring (bicyclic) bond motifs is 2. The molecule has 2 atom stereocenters. The zero-order valence-corrected chi connectivity index (χ0v) is 20.4. The van der Waals surface area contributed by atoms with Gasteiger partial charge in [0.1, 0.15) is 5.75 Å². The number of halogens is 4. The molecule has 6 rings (SSSR count). The predicted octanol–water partition coefficient (Wildman–Crippen LogP) is 5.11. The number of carbonyl (C=O) groups excluding carboxylic acids is 1. The molecular weight excluding hydrogens is 508 g/mol. The molecule has 3 aliphatic heterocycles. The molecule has 3 heterocycles. The number of nitrogens with one attached hydrogen (secondary N) is 1. The van der Waals surface area contributed by atoms with Gasteiger partial charge in [0, 0.05) is 80.7 Å². The molecule has 0 aromatic heterocycles. The number of rotatable bonds is 5. The Morgan fingerprint density at radius 2 is 1.79 bits per heavy atom. The van der Waals surface area contributed by atoms with E-state index in [4.69, 9.17) is 4.74 Å². The van der Waals surface area contributed by atoms with Crippen molar-refractivity contribution in [2.75, 3.05) is 47.9 Å². The lowest BCUT2D eigenvalue weighted by Crippen LogP contribution is -2.39. The Balaban J connectivity index is 1.29. The fourth-order valence-corrected chi connectivity index (χ4v) is 5.90. The van der Waals surface area contributed by atoms with E-state index in [-0.39, 0.29) is 62.4 Å². The summed E-state index contributed by atoms with van der Waals surface area (Å²) >= 11 is 0. The second-order valence-electron chi connectivity index (χ2n) is 10.5. The fraction of sp³-hybridized carbons (Fsp3) is 0.500. The Morgan fingerprint density at radius 3 is 2.50 bits per heavy atom. The van der Waals surface area contributed by atoms with E-state index in [1.165, 1.54) is 18.2 Å². The van der Waals surface area contributed by atoms with Crippen molar-refractivity contribution in [1.82, 2.24) is 0 Å². The van der Waals surface area contributed by atoms with E-state index in [0.29, 0.717) is 30.2 Å². The maximum atomic E-state index is 14.0. The number of non-ortho nitro benzene ring substituents is 1. The number of piperidine rings is 2. The molecule has 1 saturated carbocycles. The molecule has 2 aromatic carbocycles. The number of nitrogens with zero attached hydrogens (tertiary/aromatic N) is 3. The molecule has 2 unspecified atom stereocenters. The molecular formula is C26H26F4N4O4. The number of anilines is 3. The largest absolute Gasteiger partial charge is 0.491 e. The fourth-order valence-electron chi connectivity index (χ4n) is 5.90. The minimum Gasteiger partial charge on any atom is -0.491 e. The summed E-state index contributed by atoms with van der Waals surface area (Å²) in [4.78, 5) is 27.7. The first-order chi connectivity index (χ1) is 18.0. The molecule has 202 valence electrons. The van der Waals surface area contributed by atoms with Crippen molar-refractivity contribution in [2.45, 2.75) is 37.5 Å². The average Bonchev–Trinajstić information content (AvgIpc) is 3.18. The van der Waals surface area contributed by atoms with Gasteiger partial charge in [0.25, 0.3) is 23.4 Å². The number of alkyl halides is 4. The number of nitro benzene ring substituents is 1. The van der Waals surface area contributed by atoms with Crippen molar-refractivity contribution in [2.24, 2.45) is 11.8 Å². The maximum Gasteiger partial charge on any atom is 0.271 e. The predicted molar refractivity (Wildman–Crippen MR) is 132 cm³/mol. The minimum atomic E-state index is -2.75. The van der Waals surface area contributed by atoms with Gasteiger partial charge in [0.2, 0.25) is 0 Å². The molecule has 1 aliphatic carbocycles. The Hall–Kier alpha value is -3.57. The molecule has 38 heavy (non-hydrogen) atoms. The van der Waals surface area contributed by atoms with Gasteiger partial charge in [-0.2, -0.15) is 0 Å². The second kappa shape index (κ2) is 8.74. The van der Waals surface area contributed by atoms with Gasteiger partial charge in [-0.1, -0.05) is 0 Å². The van der Waals surface area contributed by atoms with Crippen LogP contribution in [0.4, 0.5) is 40.3 Å². The molecule has 2 aromatic rings. The van der Waals surface area contributed by atoms with Crippen molar-refractivity contribution in [3.05, 3.63) is 51.6 Å². The highest BCUT2D eigenvalue weighted by atomic mass is 19.3. The van der Waals surface area contributed by atoms with Gasteiger partial charge in [-0.15, -0.1) is 0 Å². The van der Waals surface area contributed by atoms with Crippen molar-refractivity contribution in [3.63, 3.8) is 0 Å². The number of carbonyl (C=O) groups is 1. The van der Waals surface area contributed by atoms with Gasteiger partial charge in [-0.25, -0.2) is 17.6 Å². The Kier molecular flexibility index (Phi) is 5.69. The van der Waals surface area contributed by atoms with Crippen LogP contribution < -0.4 is 19.9 Å². The highest BCUT2D eigenvalue weighted by Crippen LogP contribution is 2.59. The number of amides is 1. The summed E-state index contributed by atoms with van der Waals surface area (Å²) in [7, 11) is 0. The Morgan fingerprint density at radius 1 is 1.03 bits per heavy atom. The van der Waals surface area contributed by atoms with E-state index in [9.17, 15) is 32.5 Å². The summed E-state index contributed by atoms with van der Waals surface area (Å²) in [6, 6.07) is 7.26. The SMILES string of the molecule is O=C(Nc1cc2c(c(N3CCC(F)(F)CC3)c1)OCC2)c1ccc([N+](=O)[O-])cc1N1CCC2C(C1)C2(F)F. The van der Waals surface area contributed by atoms with Crippen LogP contribution in [0.2, 0.25) is 0 Å². The van der Waals surface area contributed by atoms with Crippen LogP contribution in [0.3, 0.4) is 0 Å². The first kappa shape index (κ1) is 24.7. The first-order valence-corrected chi connectivity index (χ1v) is 12.7. The second-order valence-corrected chi connectivity index (χ2v) is 10.5. The topological polar surface area (TPSA) is 88.0 Å².